The molecule has 0 saturated heterocycles. The number of allylic oxidation sites excluding steroid dienone is 1. The lowest BCUT2D eigenvalue weighted by Gasteiger charge is -2.21. The van der Waals surface area contributed by atoms with Crippen LogP contribution in [0.2, 0.25) is 0 Å². The zero-order valence-corrected chi connectivity index (χ0v) is 18.4. The van der Waals surface area contributed by atoms with Crippen LogP contribution in [0.1, 0.15) is 23.9 Å². The van der Waals surface area contributed by atoms with Crippen LogP contribution in [0.15, 0.2) is 47.4 Å². The molecule has 0 bridgehead atoms. The molecule has 0 atom stereocenters. The van der Waals surface area contributed by atoms with E-state index in [1.165, 1.54) is 5.56 Å². The number of amidine groups is 1. The van der Waals surface area contributed by atoms with Gasteiger partial charge in [0.05, 0.1) is 12.8 Å². The summed E-state index contributed by atoms with van der Waals surface area (Å²) in [5, 5.41) is 11.3. The third-order valence-electron chi connectivity index (χ3n) is 5.07. The van der Waals surface area contributed by atoms with Gasteiger partial charge in [0.1, 0.15) is 23.1 Å². The van der Waals surface area contributed by atoms with Crippen molar-refractivity contribution >= 4 is 11.5 Å². The van der Waals surface area contributed by atoms with Crippen molar-refractivity contribution in [2.24, 2.45) is 10.7 Å². The lowest BCUT2D eigenvalue weighted by atomic mass is 10.1. The number of hydrogen-bond acceptors (Lipinski definition) is 6. The number of rotatable bonds is 6. The van der Waals surface area contributed by atoms with Gasteiger partial charge < -0.3 is 26.0 Å². The third kappa shape index (κ3) is 4.65. The van der Waals surface area contributed by atoms with Gasteiger partial charge in [-0.15, -0.1) is 0 Å². The Bertz CT molecular complexity index is 999. The molecule has 0 radical (unpaired) electrons. The standard InChI is InChI=1S/C22H31N7O/c1-14(23)11-22(24-4)26-16(3)25-17-7-8-21(30-6)20(12-17)29-15(2)18-13-28(5)10-9-19(18)27-29/h7-8,11-12,25H,3,9-10,13,23H2,1-2,4-6H3,(H,24,26)/b14-11-. The van der Waals surface area contributed by atoms with E-state index in [0.717, 1.165) is 48.0 Å². The van der Waals surface area contributed by atoms with E-state index in [1.807, 2.05) is 29.8 Å². The van der Waals surface area contributed by atoms with Crippen LogP contribution >= 0.6 is 0 Å². The normalized spacial score (nSPS) is 15.0. The molecule has 0 aliphatic carbocycles. The number of ether oxygens (including phenoxy) is 1. The van der Waals surface area contributed by atoms with Crippen molar-refractivity contribution in [1.29, 1.82) is 0 Å². The maximum absolute atomic E-state index is 5.74. The van der Waals surface area contributed by atoms with E-state index in [9.17, 15) is 0 Å². The number of anilines is 1. The Hall–Kier alpha value is -3.26. The minimum absolute atomic E-state index is 0.585. The van der Waals surface area contributed by atoms with Gasteiger partial charge in [-0.2, -0.15) is 5.10 Å². The van der Waals surface area contributed by atoms with Crippen LogP contribution < -0.4 is 21.1 Å². The molecule has 3 rings (SSSR count). The Kier molecular flexibility index (Phi) is 6.47. The highest BCUT2D eigenvalue weighted by molar-refractivity contribution is 5.94. The summed E-state index contributed by atoms with van der Waals surface area (Å²) in [4.78, 5) is 6.48. The summed E-state index contributed by atoms with van der Waals surface area (Å²) >= 11 is 0. The summed E-state index contributed by atoms with van der Waals surface area (Å²) < 4.78 is 7.59. The quantitative estimate of drug-likeness (QED) is 0.502. The molecule has 0 saturated carbocycles. The van der Waals surface area contributed by atoms with Crippen LogP contribution in [0, 0.1) is 6.92 Å². The summed E-state index contributed by atoms with van der Waals surface area (Å²) in [7, 11) is 5.50. The van der Waals surface area contributed by atoms with Crippen molar-refractivity contribution in [3.63, 3.8) is 0 Å². The second kappa shape index (κ2) is 9.04. The second-order valence-corrected chi connectivity index (χ2v) is 7.52. The van der Waals surface area contributed by atoms with Crippen molar-refractivity contribution in [1.82, 2.24) is 20.0 Å². The lowest BCUT2D eigenvalue weighted by molar-refractivity contribution is 0.311. The molecule has 2 heterocycles. The molecular weight excluding hydrogens is 378 g/mol. The first kappa shape index (κ1) is 21.4. The Morgan fingerprint density at radius 2 is 2.17 bits per heavy atom. The molecule has 1 aromatic heterocycles. The Labute approximate surface area is 178 Å². The summed E-state index contributed by atoms with van der Waals surface area (Å²) in [5.74, 6) is 1.97. The zero-order chi connectivity index (χ0) is 21.8. The number of aliphatic imine (C=N–C) groups is 1. The molecule has 2 aromatic rings. The Morgan fingerprint density at radius 1 is 1.40 bits per heavy atom. The Balaban J connectivity index is 1.88. The van der Waals surface area contributed by atoms with Crippen LogP contribution in [0.25, 0.3) is 5.69 Å². The number of aromatic nitrogens is 2. The molecule has 30 heavy (non-hydrogen) atoms. The van der Waals surface area contributed by atoms with E-state index in [1.54, 1.807) is 20.2 Å². The van der Waals surface area contributed by atoms with Gasteiger partial charge in [-0.05, 0) is 45.2 Å². The monoisotopic (exact) mass is 409 g/mol. The summed E-state index contributed by atoms with van der Waals surface area (Å²) in [5.41, 5.74) is 11.7. The number of nitrogens with one attached hydrogen (secondary N) is 2. The minimum atomic E-state index is 0.585. The molecule has 160 valence electrons. The van der Waals surface area contributed by atoms with Gasteiger partial charge in [0, 0.05) is 49.2 Å². The Morgan fingerprint density at radius 3 is 2.83 bits per heavy atom. The van der Waals surface area contributed by atoms with Crippen LogP contribution in [0.5, 0.6) is 5.75 Å². The number of hydrogen-bond donors (Lipinski definition) is 3. The largest absolute Gasteiger partial charge is 0.494 e. The number of likely N-dealkylation sites (N-methyl/N-ethyl adjacent to an activating group) is 1. The van der Waals surface area contributed by atoms with Crippen molar-refractivity contribution in [3.05, 3.63) is 59.3 Å². The summed E-state index contributed by atoms with van der Waals surface area (Å²) in [6, 6.07) is 5.87. The zero-order valence-electron chi connectivity index (χ0n) is 18.4. The van der Waals surface area contributed by atoms with E-state index in [-0.39, 0.29) is 0 Å². The number of nitrogens with two attached hydrogens (primary N) is 1. The second-order valence-electron chi connectivity index (χ2n) is 7.52. The van der Waals surface area contributed by atoms with E-state index in [0.29, 0.717) is 17.4 Å². The highest BCUT2D eigenvalue weighted by Crippen LogP contribution is 2.30. The first-order valence-corrected chi connectivity index (χ1v) is 9.90. The molecule has 4 N–H and O–H groups in total. The fourth-order valence-corrected chi connectivity index (χ4v) is 3.55. The van der Waals surface area contributed by atoms with Gasteiger partial charge in [0.25, 0.3) is 0 Å². The van der Waals surface area contributed by atoms with E-state index >= 15 is 0 Å². The number of methoxy groups -OCH3 is 1. The molecular formula is C22H31N7O. The maximum Gasteiger partial charge on any atom is 0.144 e. The molecule has 0 spiro atoms. The van der Waals surface area contributed by atoms with E-state index in [4.69, 9.17) is 15.6 Å². The molecule has 1 aliphatic heterocycles. The fraction of sp³-hybridized carbons (Fsp3) is 0.364. The van der Waals surface area contributed by atoms with Gasteiger partial charge in [-0.25, -0.2) is 4.68 Å². The highest BCUT2D eigenvalue weighted by Gasteiger charge is 2.22. The van der Waals surface area contributed by atoms with Gasteiger partial charge in [0.2, 0.25) is 0 Å². The highest BCUT2D eigenvalue weighted by atomic mass is 16.5. The smallest absolute Gasteiger partial charge is 0.144 e. The van der Waals surface area contributed by atoms with Crippen LogP contribution in [-0.4, -0.2) is 48.3 Å². The van der Waals surface area contributed by atoms with Crippen molar-refractivity contribution in [2.75, 3.05) is 33.1 Å². The number of nitrogens with zero attached hydrogens (tertiary/aromatic N) is 4. The molecule has 0 fully saturated rings. The van der Waals surface area contributed by atoms with Crippen molar-refractivity contribution < 1.29 is 4.74 Å². The summed E-state index contributed by atoms with van der Waals surface area (Å²) in [6.45, 7) is 9.88. The number of benzene rings is 1. The van der Waals surface area contributed by atoms with Gasteiger partial charge in [0.15, 0.2) is 0 Å². The lowest BCUT2D eigenvalue weighted by Crippen LogP contribution is -2.26. The van der Waals surface area contributed by atoms with Gasteiger partial charge in [-0.3, -0.25) is 4.99 Å². The number of fused-ring (bicyclic) bond motifs is 1. The van der Waals surface area contributed by atoms with Crippen LogP contribution in [0.4, 0.5) is 5.69 Å². The van der Waals surface area contributed by atoms with Gasteiger partial charge >= 0.3 is 0 Å². The van der Waals surface area contributed by atoms with Crippen molar-refractivity contribution in [3.8, 4) is 11.4 Å². The molecule has 0 unspecified atom stereocenters. The summed E-state index contributed by atoms with van der Waals surface area (Å²) in [6.07, 6.45) is 2.70. The topological polar surface area (TPSA) is 92.7 Å². The molecule has 8 heteroatoms. The molecule has 8 nitrogen and oxygen atoms in total. The van der Waals surface area contributed by atoms with Crippen LogP contribution in [0.3, 0.4) is 0 Å². The van der Waals surface area contributed by atoms with Gasteiger partial charge in [-0.1, -0.05) is 6.58 Å². The van der Waals surface area contributed by atoms with Crippen LogP contribution in [-0.2, 0) is 13.0 Å². The predicted molar refractivity (Wildman–Crippen MR) is 122 cm³/mol. The first-order chi connectivity index (χ1) is 14.3. The average molecular weight is 410 g/mol. The van der Waals surface area contributed by atoms with Crippen molar-refractivity contribution in [2.45, 2.75) is 26.8 Å². The third-order valence-corrected chi connectivity index (χ3v) is 5.07. The average Bonchev–Trinajstić information content (AvgIpc) is 3.03. The molecule has 1 aliphatic rings. The fourth-order valence-electron chi connectivity index (χ4n) is 3.55. The minimum Gasteiger partial charge on any atom is -0.494 e. The SMILES string of the molecule is C=C(NC(/C=C(/C)N)=NC)Nc1ccc(OC)c(-n2nc3c(c2C)CN(C)CC3)c1. The van der Waals surface area contributed by atoms with E-state index in [2.05, 4.69) is 41.1 Å². The molecule has 1 aromatic carbocycles. The molecule has 0 amide bonds. The predicted octanol–water partition coefficient (Wildman–Crippen LogP) is 2.54. The first-order valence-electron chi connectivity index (χ1n) is 9.90. The maximum atomic E-state index is 5.74. The van der Waals surface area contributed by atoms with E-state index < -0.39 is 0 Å².